The molecule has 1 aromatic heterocycles. The van der Waals surface area contributed by atoms with Gasteiger partial charge in [-0.2, -0.15) is 5.10 Å². The van der Waals surface area contributed by atoms with Crippen LogP contribution in [0.3, 0.4) is 0 Å². The fourth-order valence-corrected chi connectivity index (χ4v) is 1.96. The van der Waals surface area contributed by atoms with Gasteiger partial charge in [-0.1, -0.05) is 13.3 Å². The van der Waals surface area contributed by atoms with Crippen LogP contribution in [0, 0.1) is 0 Å². The molecular weight excluding hydrogens is 272 g/mol. The Bertz CT molecular complexity index is 496. The molecule has 21 heavy (non-hydrogen) atoms. The predicted molar refractivity (Wildman–Crippen MR) is 79.8 cm³/mol. The van der Waals surface area contributed by atoms with Gasteiger partial charge in [0.05, 0.1) is 18.0 Å². The summed E-state index contributed by atoms with van der Waals surface area (Å²) >= 11 is 0. The molecule has 0 atom stereocenters. The average molecular weight is 296 g/mol. The minimum absolute atomic E-state index is 0.111. The monoisotopic (exact) mass is 296 g/mol. The van der Waals surface area contributed by atoms with Crippen LogP contribution in [0.25, 0.3) is 0 Å². The molecule has 118 valence electrons. The normalized spacial score (nSPS) is 10.7. The van der Waals surface area contributed by atoms with E-state index in [0.717, 1.165) is 18.5 Å². The van der Waals surface area contributed by atoms with Crippen LogP contribution in [0.2, 0.25) is 0 Å². The number of nitrogen functional groups attached to an aromatic ring is 1. The van der Waals surface area contributed by atoms with Crippen molar-refractivity contribution in [2.45, 2.75) is 46.6 Å². The number of carbonyl (C=O) groups excluding carboxylic acids is 2. The molecule has 0 spiro atoms. The summed E-state index contributed by atoms with van der Waals surface area (Å²) in [5.74, 6) is -0.809. The lowest BCUT2D eigenvalue weighted by atomic mass is 10.2. The van der Waals surface area contributed by atoms with Crippen molar-refractivity contribution in [2.24, 2.45) is 0 Å². The molecule has 1 aromatic rings. The first-order valence-electron chi connectivity index (χ1n) is 7.21. The number of hydrogen-bond donors (Lipinski definition) is 2. The second-order valence-electron chi connectivity index (χ2n) is 5.05. The minimum atomic E-state index is -0.442. The summed E-state index contributed by atoms with van der Waals surface area (Å²) in [4.78, 5) is 25.5. The van der Waals surface area contributed by atoms with Crippen LogP contribution in [-0.4, -0.2) is 46.2 Å². The van der Waals surface area contributed by atoms with Gasteiger partial charge in [-0.15, -0.1) is 0 Å². The number of nitrogens with zero attached hydrogens (tertiary/aromatic N) is 2. The molecule has 1 rings (SSSR count). The molecule has 1 heterocycles. The van der Waals surface area contributed by atoms with Gasteiger partial charge in [-0.05, 0) is 27.2 Å². The lowest BCUT2D eigenvalue weighted by Gasteiger charge is -2.25. The van der Waals surface area contributed by atoms with Gasteiger partial charge in [0, 0.05) is 6.04 Å². The zero-order valence-corrected chi connectivity index (χ0v) is 13.1. The van der Waals surface area contributed by atoms with E-state index < -0.39 is 5.97 Å². The molecule has 0 aliphatic carbocycles. The molecule has 1 amide bonds. The van der Waals surface area contributed by atoms with Crippen molar-refractivity contribution in [3.63, 3.8) is 0 Å². The van der Waals surface area contributed by atoms with Crippen molar-refractivity contribution in [3.8, 4) is 0 Å². The van der Waals surface area contributed by atoms with Gasteiger partial charge >= 0.3 is 5.97 Å². The van der Waals surface area contributed by atoms with E-state index >= 15 is 0 Å². The molecule has 0 saturated heterocycles. The van der Waals surface area contributed by atoms with E-state index in [2.05, 4.69) is 10.2 Å². The highest BCUT2D eigenvalue weighted by Crippen LogP contribution is 2.18. The maximum Gasteiger partial charge on any atom is 0.325 e. The van der Waals surface area contributed by atoms with Gasteiger partial charge in [0.1, 0.15) is 6.54 Å². The Morgan fingerprint density at radius 3 is 2.57 bits per heavy atom. The number of anilines is 1. The zero-order valence-electron chi connectivity index (χ0n) is 13.1. The number of rotatable bonds is 7. The third-order valence-corrected chi connectivity index (χ3v) is 3.07. The van der Waals surface area contributed by atoms with E-state index in [9.17, 15) is 9.59 Å². The van der Waals surface area contributed by atoms with Crippen LogP contribution in [0.4, 0.5) is 5.69 Å². The highest BCUT2D eigenvalue weighted by molar-refractivity contribution is 5.99. The van der Waals surface area contributed by atoms with E-state index in [-0.39, 0.29) is 30.8 Å². The molecule has 0 saturated carbocycles. The van der Waals surface area contributed by atoms with Gasteiger partial charge in [-0.3, -0.25) is 14.7 Å². The molecule has 0 bridgehead atoms. The Kier molecular flexibility index (Phi) is 6.20. The summed E-state index contributed by atoms with van der Waals surface area (Å²) in [5.41, 5.74) is 7.23. The molecule has 3 N–H and O–H groups in total. The summed E-state index contributed by atoms with van der Waals surface area (Å²) < 4.78 is 4.89. The number of esters is 1. The smallest absolute Gasteiger partial charge is 0.325 e. The Morgan fingerprint density at radius 1 is 1.38 bits per heavy atom. The van der Waals surface area contributed by atoms with E-state index in [1.165, 1.54) is 4.90 Å². The SMILES string of the molecule is CCCc1[nH]nc(C(=O)N(CC(=O)OCC)C(C)C)c1N. The Morgan fingerprint density at radius 2 is 2.05 bits per heavy atom. The topological polar surface area (TPSA) is 101 Å². The lowest BCUT2D eigenvalue weighted by Crippen LogP contribution is -2.41. The highest BCUT2D eigenvalue weighted by Gasteiger charge is 2.26. The summed E-state index contributed by atoms with van der Waals surface area (Å²) in [5, 5.41) is 6.79. The van der Waals surface area contributed by atoms with Crippen LogP contribution in [0.15, 0.2) is 0 Å². The summed E-state index contributed by atoms with van der Waals surface area (Å²) in [6, 6.07) is -0.160. The summed E-state index contributed by atoms with van der Waals surface area (Å²) in [7, 11) is 0. The number of amides is 1. The Balaban J connectivity index is 2.93. The number of aromatic nitrogens is 2. The second-order valence-corrected chi connectivity index (χ2v) is 5.05. The van der Waals surface area contributed by atoms with Crippen molar-refractivity contribution in [1.82, 2.24) is 15.1 Å². The van der Waals surface area contributed by atoms with Gasteiger partial charge < -0.3 is 15.4 Å². The lowest BCUT2D eigenvalue weighted by molar-refractivity contribution is -0.144. The largest absolute Gasteiger partial charge is 0.465 e. The molecule has 7 heteroatoms. The van der Waals surface area contributed by atoms with E-state index in [0.29, 0.717) is 5.69 Å². The summed E-state index contributed by atoms with van der Waals surface area (Å²) in [6.45, 7) is 7.56. The number of ether oxygens (including phenoxy) is 1. The second kappa shape index (κ2) is 7.66. The van der Waals surface area contributed by atoms with Crippen molar-refractivity contribution in [2.75, 3.05) is 18.9 Å². The fraction of sp³-hybridized carbons (Fsp3) is 0.643. The maximum absolute atomic E-state index is 12.5. The average Bonchev–Trinajstić information content (AvgIpc) is 2.77. The minimum Gasteiger partial charge on any atom is -0.465 e. The first-order valence-corrected chi connectivity index (χ1v) is 7.21. The molecule has 0 radical (unpaired) electrons. The molecule has 0 aliphatic heterocycles. The van der Waals surface area contributed by atoms with Crippen LogP contribution in [0.5, 0.6) is 0 Å². The molecule has 0 aromatic carbocycles. The number of hydrogen-bond acceptors (Lipinski definition) is 5. The number of aromatic amines is 1. The fourth-order valence-electron chi connectivity index (χ4n) is 1.96. The van der Waals surface area contributed by atoms with Gasteiger partial charge in [0.25, 0.3) is 5.91 Å². The van der Waals surface area contributed by atoms with Crippen LogP contribution < -0.4 is 5.73 Å². The van der Waals surface area contributed by atoms with Crippen molar-refractivity contribution in [3.05, 3.63) is 11.4 Å². The highest BCUT2D eigenvalue weighted by atomic mass is 16.5. The molecule has 0 fully saturated rings. The van der Waals surface area contributed by atoms with Gasteiger partial charge in [0.2, 0.25) is 0 Å². The Labute approximate surface area is 124 Å². The number of nitrogens with two attached hydrogens (primary N) is 1. The van der Waals surface area contributed by atoms with Crippen molar-refractivity contribution < 1.29 is 14.3 Å². The van der Waals surface area contributed by atoms with E-state index in [1.807, 2.05) is 20.8 Å². The summed E-state index contributed by atoms with van der Waals surface area (Å²) in [6.07, 6.45) is 1.63. The quantitative estimate of drug-likeness (QED) is 0.740. The molecule has 0 aliphatic rings. The number of aryl methyl sites for hydroxylation is 1. The van der Waals surface area contributed by atoms with Gasteiger partial charge in [-0.25, -0.2) is 0 Å². The maximum atomic E-state index is 12.5. The first-order chi connectivity index (χ1) is 9.92. The predicted octanol–water partition coefficient (Wildman–Crippen LogP) is 1.36. The zero-order chi connectivity index (χ0) is 16.0. The van der Waals surface area contributed by atoms with Crippen LogP contribution >= 0.6 is 0 Å². The third-order valence-electron chi connectivity index (χ3n) is 3.07. The standard InChI is InChI=1S/C14H24N4O3/c1-5-7-10-12(15)13(17-16-10)14(20)18(9(3)4)8-11(19)21-6-2/h9H,5-8,15H2,1-4H3,(H,16,17). The molecule has 0 unspecified atom stereocenters. The van der Waals surface area contributed by atoms with E-state index in [4.69, 9.17) is 10.5 Å². The third kappa shape index (κ3) is 4.21. The van der Waals surface area contributed by atoms with Gasteiger partial charge in [0.15, 0.2) is 5.69 Å². The number of nitrogens with one attached hydrogen (secondary N) is 1. The van der Waals surface area contributed by atoms with Crippen molar-refractivity contribution >= 4 is 17.6 Å². The Hall–Kier alpha value is -2.05. The van der Waals surface area contributed by atoms with Crippen LogP contribution in [0.1, 0.15) is 50.3 Å². The van der Waals surface area contributed by atoms with Crippen LogP contribution in [-0.2, 0) is 16.0 Å². The molecular formula is C14H24N4O3. The first kappa shape index (κ1) is 17.0. The number of carbonyl (C=O) groups is 2. The number of H-pyrrole nitrogens is 1. The van der Waals surface area contributed by atoms with E-state index in [1.54, 1.807) is 6.92 Å². The van der Waals surface area contributed by atoms with Crippen molar-refractivity contribution in [1.29, 1.82) is 0 Å². The molecule has 7 nitrogen and oxygen atoms in total.